The van der Waals surface area contributed by atoms with Crippen molar-refractivity contribution in [1.82, 2.24) is 0 Å². The van der Waals surface area contributed by atoms with Gasteiger partial charge < -0.3 is 14.8 Å². The molecule has 1 N–H and O–H groups in total. The molecule has 0 aromatic heterocycles. The molecule has 7 heteroatoms. The quantitative estimate of drug-likeness (QED) is 0.718. The maximum Gasteiger partial charge on any atom is 0.234 e. The number of thioether (sulfide) groups is 2. The van der Waals surface area contributed by atoms with E-state index in [0.717, 1.165) is 16.1 Å². The molecule has 0 aliphatic carbocycles. The molecule has 0 unspecified atom stereocenters. The van der Waals surface area contributed by atoms with Crippen LogP contribution >= 0.6 is 35.1 Å². The molecule has 25 heavy (non-hydrogen) atoms. The van der Waals surface area contributed by atoms with Crippen molar-refractivity contribution in [3.05, 3.63) is 47.0 Å². The first kappa shape index (κ1) is 18.3. The van der Waals surface area contributed by atoms with Crippen molar-refractivity contribution in [2.24, 2.45) is 0 Å². The number of halogens is 1. The lowest BCUT2D eigenvalue weighted by atomic mass is 10.2. The summed E-state index contributed by atoms with van der Waals surface area (Å²) in [7, 11) is 0. The van der Waals surface area contributed by atoms with Crippen LogP contribution in [0.25, 0.3) is 0 Å². The summed E-state index contributed by atoms with van der Waals surface area (Å²) in [6.45, 7) is 1.04. The van der Waals surface area contributed by atoms with Gasteiger partial charge in [-0.25, -0.2) is 0 Å². The average molecular weight is 396 g/mol. The predicted molar refractivity (Wildman–Crippen MR) is 105 cm³/mol. The van der Waals surface area contributed by atoms with Gasteiger partial charge in [-0.15, -0.1) is 23.5 Å². The van der Waals surface area contributed by atoms with Crippen LogP contribution in [0.1, 0.15) is 5.56 Å². The van der Waals surface area contributed by atoms with Gasteiger partial charge in [-0.1, -0.05) is 17.7 Å². The second-order valence-corrected chi connectivity index (χ2v) is 7.65. The smallest absolute Gasteiger partial charge is 0.234 e. The van der Waals surface area contributed by atoms with E-state index in [2.05, 4.69) is 5.32 Å². The zero-order valence-electron chi connectivity index (χ0n) is 13.7. The summed E-state index contributed by atoms with van der Waals surface area (Å²) in [5.41, 5.74) is 1.83. The van der Waals surface area contributed by atoms with Gasteiger partial charge in [-0.05, 0) is 42.2 Å². The first-order valence-electron chi connectivity index (χ1n) is 7.75. The van der Waals surface area contributed by atoms with E-state index in [1.165, 1.54) is 11.8 Å². The Labute approximate surface area is 160 Å². The van der Waals surface area contributed by atoms with Gasteiger partial charge in [-0.2, -0.15) is 0 Å². The van der Waals surface area contributed by atoms with E-state index in [4.69, 9.17) is 21.1 Å². The molecule has 0 spiro atoms. The molecule has 1 amide bonds. The third-order valence-corrected chi connectivity index (χ3v) is 5.52. The second kappa shape index (κ2) is 8.74. The van der Waals surface area contributed by atoms with E-state index >= 15 is 0 Å². The van der Waals surface area contributed by atoms with Crippen molar-refractivity contribution in [2.45, 2.75) is 10.6 Å². The van der Waals surface area contributed by atoms with Crippen LogP contribution in [0.15, 0.2) is 41.3 Å². The highest BCUT2D eigenvalue weighted by Crippen LogP contribution is 2.39. The number of benzene rings is 2. The fourth-order valence-corrected chi connectivity index (χ4v) is 3.92. The Kier molecular flexibility index (Phi) is 6.39. The van der Waals surface area contributed by atoms with Crippen LogP contribution in [0.5, 0.6) is 11.5 Å². The van der Waals surface area contributed by atoms with Gasteiger partial charge in [0.05, 0.1) is 10.8 Å². The number of hydrogen-bond acceptors (Lipinski definition) is 5. The van der Waals surface area contributed by atoms with E-state index < -0.39 is 0 Å². The molecule has 2 aromatic carbocycles. The van der Waals surface area contributed by atoms with Gasteiger partial charge in [0.25, 0.3) is 0 Å². The fraction of sp³-hybridized carbons (Fsp3) is 0.278. The van der Waals surface area contributed by atoms with Gasteiger partial charge >= 0.3 is 0 Å². The summed E-state index contributed by atoms with van der Waals surface area (Å²) in [4.78, 5) is 13.2. The van der Waals surface area contributed by atoms with Gasteiger partial charge in [-0.3, -0.25) is 4.79 Å². The van der Waals surface area contributed by atoms with Crippen LogP contribution in [0.3, 0.4) is 0 Å². The van der Waals surface area contributed by atoms with Crippen molar-refractivity contribution < 1.29 is 14.3 Å². The van der Waals surface area contributed by atoms with Crippen molar-refractivity contribution in [3.63, 3.8) is 0 Å². The summed E-state index contributed by atoms with van der Waals surface area (Å²) in [6.07, 6.45) is 2.01. The molecule has 1 heterocycles. The number of anilines is 1. The Morgan fingerprint density at radius 3 is 2.92 bits per heavy atom. The van der Waals surface area contributed by atoms with Gasteiger partial charge in [0.15, 0.2) is 11.5 Å². The summed E-state index contributed by atoms with van der Waals surface area (Å²) in [5.74, 6) is 2.30. The highest BCUT2D eigenvalue weighted by atomic mass is 35.5. The number of amides is 1. The Morgan fingerprint density at radius 1 is 1.24 bits per heavy atom. The van der Waals surface area contributed by atoms with Crippen LogP contribution in [-0.4, -0.2) is 31.1 Å². The standard InChI is InChI=1S/C18H18ClNO3S2/c1-24-14-4-2-3-13(9-14)20-17(21)11-25-10-12-7-15(19)18-16(8-12)22-5-6-23-18/h2-4,7-9H,5-6,10-11H2,1H3,(H,20,21). The lowest BCUT2D eigenvalue weighted by Gasteiger charge is -2.20. The number of carbonyl (C=O) groups is 1. The molecule has 1 aliphatic heterocycles. The maximum absolute atomic E-state index is 12.1. The Bertz CT molecular complexity index is 770. The van der Waals surface area contributed by atoms with Gasteiger partial charge in [0.1, 0.15) is 13.2 Å². The maximum atomic E-state index is 12.1. The van der Waals surface area contributed by atoms with Crippen molar-refractivity contribution in [3.8, 4) is 11.5 Å². The van der Waals surface area contributed by atoms with Crippen LogP contribution in [0.2, 0.25) is 5.02 Å². The zero-order chi connectivity index (χ0) is 17.6. The van der Waals surface area contributed by atoms with E-state index in [1.807, 2.05) is 42.7 Å². The number of hydrogen-bond donors (Lipinski definition) is 1. The Balaban J connectivity index is 1.52. The van der Waals surface area contributed by atoms with Gasteiger partial charge in [0, 0.05) is 16.3 Å². The van der Waals surface area contributed by atoms with Crippen molar-refractivity contribution in [2.75, 3.05) is 30.5 Å². The number of rotatable bonds is 6. The van der Waals surface area contributed by atoms with Crippen LogP contribution in [0.4, 0.5) is 5.69 Å². The van der Waals surface area contributed by atoms with E-state index in [-0.39, 0.29) is 5.91 Å². The van der Waals surface area contributed by atoms with E-state index in [1.54, 1.807) is 11.8 Å². The molecule has 2 aromatic rings. The molecule has 132 valence electrons. The number of nitrogens with one attached hydrogen (secondary N) is 1. The van der Waals surface area contributed by atoms with E-state index in [0.29, 0.717) is 41.2 Å². The fourth-order valence-electron chi connectivity index (χ4n) is 2.41. The lowest BCUT2D eigenvalue weighted by Crippen LogP contribution is -2.16. The van der Waals surface area contributed by atoms with Crippen LogP contribution < -0.4 is 14.8 Å². The molecule has 0 saturated carbocycles. The average Bonchev–Trinajstić information content (AvgIpc) is 2.62. The summed E-state index contributed by atoms with van der Waals surface area (Å²) < 4.78 is 11.1. The molecule has 0 atom stereocenters. The van der Waals surface area contributed by atoms with Crippen LogP contribution in [-0.2, 0) is 10.5 Å². The molecule has 1 aliphatic rings. The molecule has 0 saturated heterocycles. The topological polar surface area (TPSA) is 47.6 Å². The summed E-state index contributed by atoms with van der Waals surface area (Å²) in [5, 5.41) is 3.47. The highest BCUT2D eigenvalue weighted by Gasteiger charge is 2.16. The number of fused-ring (bicyclic) bond motifs is 1. The Morgan fingerprint density at radius 2 is 2.08 bits per heavy atom. The molecular formula is C18H18ClNO3S2. The highest BCUT2D eigenvalue weighted by molar-refractivity contribution is 7.99. The minimum absolute atomic E-state index is 0.0214. The first-order chi connectivity index (χ1) is 12.2. The Hall–Kier alpha value is -1.50. The van der Waals surface area contributed by atoms with Crippen LogP contribution in [0, 0.1) is 0 Å². The zero-order valence-corrected chi connectivity index (χ0v) is 16.1. The molecular weight excluding hydrogens is 378 g/mol. The number of carbonyl (C=O) groups excluding carboxylic acids is 1. The molecule has 4 nitrogen and oxygen atoms in total. The summed E-state index contributed by atoms with van der Waals surface area (Å²) in [6, 6.07) is 11.6. The van der Waals surface area contributed by atoms with Crippen molar-refractivity contribution in [1.29, 1.82) is 0 Å². The van der Waals surface area contributed by atoms with E-state index in [9.17, 15) is 4.79 Å². The van der Waals surface area contributed by atoms with Crippen molar-refractivity contribution >= 4 is 46.7 Å². The first-order valence-corrected chi connectivity index (χ1v) is 10.5. The molecule has 0 radical (unpaired) electrons. The molecule has 0 fully saturated rings. The SMILES string of the molecule is CSc1cccc(NC(=O)CSCc2cc(Cl)c3c(c2)OCCO3)c1. The molecule has 0 bridgehead atoms. The largest absolute Gasteiger partial charge is 0.486 e. The lowest BCUT2D eigenvalue weighted by molar-refractivity contribution is -0.113. The number of ether oxygens (including phenoxy) is 2. The minimum Gasteiger partial charge on any atom is -0.486 e. The third kappa shape index (κ3) is 5.00. The molecule has 3 rings (SSSR count). The normalized spacial score (nSPS) is 12.7. The summed E-state index contributed by atoms with van der Waals surface area (Å²) >= 11 is 9.41. The monoisotopic (exact) mass is 395 g/mol. The second-order valence-electron chi connectivity index (χ2n) is 5.37. The van der Waals surface area contributed by atoms with Gasteiger partial charge in [0.2, 0.25) is 5.91 Å². The minimum atomic E-state index is -0.0214. The predicted octanol–water partition coefficient (Wildman–Crippen LogP) is 4.71. The third-order valence-electron chi connectivity index (χ3n) is 3.51.